The highest BCUT2D eigenvalue weighted by molar-refractivity contribution is 5.79. The Kier molecular flexibility index (Phi) is 3.79. The molecule has 3 aromatic rings. The maximum absolute atomic E-state index is 14.0. The summed E-state index contributed by atoms with van der Waals surface area (Å²) in [5, 5.41) is 3.94. The largest absolute Gasteiger partial charge is 0.453 e. The summed E-state index contributed by atoms with van der Waals surface area (Å²) in [6.45, 7) is 0.620. The Hall–Kier alpha value is -2.46. The molecule has 1 heterocycles. The zero-order valence-corrected chi connectivity index (χ0v) is 11.6. The lowest BCUT2D eigenvalue weighted by atomic mass is 10.2. The second-order valence-corrected chi connectivity index (χ2v) is 4.76. The molecule has 106 valence electrons. The van der Waals surface area contributed by atoms with Crippen LogP contribution in [-0.4, -0.2) is 12.0 Å². The molecule has 1 aromatic heterocycles. The van der Waals surface area contributed by atoms with Crippen molar-refractivity contribution < 1.29 is 9.13 Å². The Bertz CT molecular complexity index is 774. The van der Waals surface area contributed by atoms with Gasteiger partial charge in [-0.2, -0.15) is 0 Å². The van der Waals surface area contributed by atoms with Crippen molar-refractivity contribution in [1.82, 2.24) is 10.3 Å². The molecule has 0 aliphatic heterocycles. The smallest absolute Gasteiger partial charge is 0.166 e. The molecule has 0 radical (unpaired) electrons. The molecule has 21 heavy (non-hydrogen) atoms. The highest BCUT2D eigenvalue weighted by Crippen LogP contribution is 2.26. The van der Waals surface area contributed by atoms with Gasteiger partial charge >= 0.3 is 0 Å². The highest BCUT2D eigenvalue weighted by atomic mass is 19.1. The van der Waals surface area contributed by atoms with Gasteiger partial charge in [-0.05, 0) is 36.9 Å². The van der Waals surface area contributed by atoms with Crippen LogP contribution in [0.5, 0.6) is 11.5 Å². The molecule has 0 amide bonds. The second kappa shape index (κ2) is 5.89. The van der Waals surface area contributed by atoms with Crippen LogP contribution in [0.3, 0.4) is 0 Å². The predicted octanol–water partition coefficient (Wildman–Crippen LogP) is 3.89. The van der Waals surface area contributed by atoms with Crippen molar-refractivity contribution >= 4 is 10.9 Å². The Morgan fingerprint density at radius 2 is 2.00 bits per heavy atom. The van der Waals surface area contributed by atoms with E-state index in [2.05, 4.69) is 10.3 Å². The predicted molar refractivity (Wildman–Crippen MR) is 81.0 cm³/mol. The number of benzene rings is 2. The Labute approximate surface area is 122 Å². The molecule has 4 heteroatoms. The highest BCUT2D eigenvalue weighted by Gasteiger charge is 2.07. The standard InChI is InChI=1S/C17H15FN2O/c1-19-10-12-6-7-17(15(18)8-12)21-14-9-13-4-2-3-5-16(13)20-11-14/h2-9,11,19H,10H2,1H3. The van der Waals surface area contributed by atoms with E-state index in [1.807, 2.05) is 43.4 Å². The molecular formula is C17H15FN2O. The third-order valence-corrected chi connectivity index (χ3v) is 3.17. The fraction of sp³-hybridized carbons (Fsp3) is 0.118. The van der Waals surface area contributed by atoms with Gasteiger partial charge in [-0.3, -0.25) is 4.98 Å². The van der Waals surface area contributed by atoms with Crippen LogP contribution in [0.25, 0.3) is 10.9 Å². The van der Waals surface area contributed by atoms with Gasteiger partial charge in [0.05, 0.1) is 11.7 Å². The maximum Gasteiger partial charge on any atom is 0.166 e. The average molecular weight is 282 g/mol. The number of pyridine rings is 1. The first-order valence-electron chi connectivity index (χ1n) is 6.72. The Morgan fingerprint density at radius 1 is 1.14 bits per heavy atom. The van der Waals surface area contributed by atoms with E-state index in [4.69, 9.17) is 4.74 Å². The fourth-order valence-electron chi connectivity index (χ4n) is 2.17. The van der Waals surface area contributed by atoms with Crippen molar-refractivity contribution in [2.45, 2.75) is 6.54 Å². The molecule has 0 aliphatic carbocycles. The second-order valence-electron chi connectivity index (χ2n) is 4.76. The topological polar surface area (TPSA) is 34.1 Å². The van der Waals surface area contributed by atoms with E-state index in [0.29, 0.717) is 12.3 Å². The molecule has 0 unspecified atom stereocenters. The van der Waals surface area contributed by atoms with Crippen LogP contribution in [-0.2, 0) is 6.54 Å². The molecule has 2 aromatic carbocycles. The molecule has 0 saturated heterocycles. The zero-order chi connectivity index (χ0) is 14.7. The van der Waals surface area contributed by atoms with Gasteiger partial charge in [0.2, 0.25) is 0 Å². The first kappa shape index (κ1) is 13.5. The summed E-state index contributed by atoms with van der Waals surface area (Å²) in [5.74, 6) is 0.344. The summed E-state index contributed by atoms with van der Waals surface area (Å²) in [5.41, 5.74) is 1.76. The van der Waals surface area contributed by atoms with Crippen LogP contribution in [0.4, 0.5) is 4.39 Å². The van der Waals surface area contributed by atoms with Crippen molar-refractivity contribution in [3.05, 3.63) is 66.1 Å². The molecule has 3 nitrogen and oxygen atoms in total. The summed E-state index contributed by atoms with van der Waals surface area (Å²) < 4.78 is 19.6. The van der Waals surface area contributed by atoms with E-state index >= 15 is 0 Å². The van der Waals surface area contributed by atoms with E-state index in [9.17, 15) is 4.39 Å². The Morgan fingerprint density at radius 3 is 2.81 bits per heavy atom. The molecule has 0 atom stereocenters. The molecular weight excluding hydrogens is 267 g/mol. The van der Waals surface area contributed by atoms with Gasteiger partial charge in [0.25, 0.3) is 0 Å². The number of nitrogens with zero attached hydrogens (tertiary/aromatic N) is 1. The van der Waals surface area contributed by atoms with Crippen molar-refractivity contribution in [3.8, 4) is 11.5 Å². The maximum atomic E-state index is 14.0. The fourth-order valence-corrected chi connectivity index (χ4v) is 2.17. The number of halogens is 1. The van der Waals surface area contributed by atoms with Crippen LogP contribution < -0.4 is 10.1 Å². The third kappa shape index (κ3) is 3.01. The lowest BCUT2D eigenvalue weighted by Gasteiger charge is -2.09. The van der Waals surface area contributed by atoms with Crippen molar-refractivity contribution in [2.24, 2.45) is 0 Å². The summed E-state index contributed by atoms with van der Waals surface area (Å²) in [7, 11) is 1.82. The molecule has 0 saturated carbocycles. The minimum atomic E-state index is -0.379. The van der Waals surface area contributed by atoms with Gasteiger partial charge in [0.1, 0.15) is 5.75 Å². The van der Waals surface area contributed by atoms with E-state index in [0.717, 1.165) is 16.5 Å². The molecule has 1 N–H and O–H groups in total. The van der Waals surface area contributed by atoms with Gasteiger partial charge in [-0.25, -0.2) is 4.39 Å². The molecule has 0 bridgehead atoms. The number of rotatable bonds is 4. The van der Waals surface area contributed by atoms with Crippen LogP contribution >= 0.6 is 0 Å². The zero-order valence-electron chi connectivity index (χ0n) is 11.6. The summed E-state index contributed by atoms with van der Waals surface area (Å²) in [6.07, 6.45) is 1.60. The lowest BCUT2D eigenvalue weighted by molar-refractivity contribution is 0.440. The SMILES string of the molecule is CNCc1ccc(Oc2cnc3ccccc3c2)c(F)c1. The number of ether oxygens (including phenoxy) is 1. The van der Waals surface area contributed by atoms with E-state index in [-0.39, 0.29) is 11.6 Å². The molecule has 3 rings (SSSR count). The van der Waals surface area contributed by atoms with Crippen LogP contribution in [0.2, 0.25) is 0 Å². The average Bonchev–Trinajstić information content (AvgIpc) is 2.50. The number of aromatic nitrogens is 1. The van der Waals surface area contributed by atoms with Gasteiger partial charge in [0, 0.05) is 11.9 Å². The molecule has 0 fully saturated rings. The minimum Gasteiger partial charge on any atom is -0.453 e. The minimum absolute atomic E-state index is 0.201. The van der Waals surface area contributed by atoms with E-state index in [1.165, 1.54) is 6.07 Å². The first-order valence-corrected chi connectivity index (χ1v) is 6.72. The van der Waals surface area contributed by atoms with Gasteiger partial charge < -0.3 is 10.1 Å². The molecule has 0 spiro atoms. The van der Waals surface area contributed by atoms with Crippen molar-refractivity contribution in [2.75, 3.05) is 7.05 Å². The van der Waals surface area contributed by atoms with Crippen molar-refractivity contribution in [1.29, 1.82) is 0 Å². The number of hydrogen-bond donors (Lipinski definition) is 1. The van der Waals surface area contributed by atoms with Crippen LogP contribution in [0, 0.1) is 5.82 Å². The van der Waals surface area contributed by atoms with Gasteiger partial charge in [0.15, 0.2) is 11.6 Å². The number of hydrogen-bond acceptors (Lipinski definition) is 3. The number of para-hydroxylation sites is 1. The third-order valence-electron chi connectivity index (χ3n) is 3.17. The van der Waals surface area contributed by atoms with Crippen molar-refractivity contribution in [3.63, 3.8) is 0 Å². The lowest BCUT2D eigenvalue weighted by Crippen LogP contribution is -2.05. The van der Waals surface area contributed by atoms with Crippen LogP contribution in [0.15, 0.2) is 54.7 Å². The molecule has 0 aliphatic rings. The number of nitrogens with one attached hydrogen (secondary N) is 1. The van der Waals surface area contributed by atoms with E-state index in [1.54, 1.807) is 12.3 Å². The monoisotopic (exact) mass is 282 g/mol. The van der Waals surface area contributed by atoms with E-state index < -0.39 is 0 Å². The normalized spacial score (nSPS) is 10.8. The van der Waals surface area contributed by atoms with Gasteiger partial charge in [-0.15, -0.1) is 0 Å². The van der Waals surface area contributed by atoms with Gasteiger partial charge in [-0.1, -0.05) is 24.3 Å². The van der Waals surface area contributed by atoms with Crippen LogP contribution in [0.1, 0.15) is 5.56 Å². The number of fused-ring (bicyclic) bond motifs is 1. The summed E-state index contributed by atoms with van der Waals surface area (Å²) in [4.78, 5) is 4.30. The quantitative estimate of drug-likeness (QED) is 0.788. The summed E-state index contributed by atoms with van der Waals surface area (Å²) >= 11 is 0. The summed E-state index contributed by atoms with van der Waals surface area (Å²) in [6, 6.07) is 14.5. The first-order chi connectivity index (χ1) is 10.3. The Balaban J connectivity index is 1.87.